The third-order valence-electron chi connectivity index (χ3n) is 7.06. The summed E-state index contributed by atoms with van der Waals surface area (Å²) < 4.78 is 0. The molecule has 2 aliphatic carbocycles. The van der Waals surface area contributed by atoms with Gasteiger partial charge in [0, 0.05) is 80.9 Å². The highest BCUT2D eigenvalue weighted by atomic mass is 16.2. The Morgan fingerprint density at radius 2 is 0.750 bits per heavy atom. The zero-order valence-corrected chi connectivity index (χ0v) is 21.4. The first kappa shape index (κ1) is 24.8. The normalized spacial score (nSPS) is 13.2. The molecular formula is C32H20N2O6. The smallest absolute Gasteiger partial charge is 0.221 e. The van der Waals surface area contributed by atoms with E-state index in [4.69, 9.17) is 0 Å². The van der Waals surface area contributed by atoms with Gasteiger partial charge in [0.2, 0.25) is 11.8 Å². The molecule has 8 heteroatoms. The first-order chi connectivity index (χ1) is 19.2. The van der Waals surface area contributed by atoms with E-state index < -0.39 is 34.9 Å². The van der Waals surface area contributed by atoms with Crippen molar-refractivity contribution in [2.75, 3.05) is 10.6 Å². The molecule has 0 saturated carbocycles. The van der Waals surface area contributed by atoms with Crippen LogP contribution in [0.5, 0.6) is 0 Å². The van der Waals surface area contributed by atoms with E-state index >= 15 is 0 Å². The number of hydrogen-bond donors (Lipinski definition) is 2. The van der Waals surface area contributed by atoms with Crippen LogP contribution in [0.3, 0.4) is 0 Å². The Hall–Kier alpha value is -5.50. The van der Waals surface area contributed by atoms with Crippen LogP contribution in [-0.2, 0) is 9.59 Å². The Morgan fingerprint density at radius 3 is 1.07 bits per heavy atom. The molecule has 0 aliphatic heterocycles. The van der Waals surface area contributed by atoms with Gasteiger partial charge in [-0.15, -0.1) is 0 Å². The molecule has 4 aromatic carbocycles. The molecule has 194 valence electrons. The van der Waals surface area contributed by atoms with Crippen molar-refractivity contribution in [2.24, 2.45) is 0 Å². The Morgan fingerprint density at radius 1 is 0.425 bits per heavy atom. The van der Waals surface area contributed by atoms with E-state index in [-0.39, 0.29) is 67.0 Å². The van der Waals surface area contributed by atoms with Crippen molar-refractivity contribution in [1.82, 2.24) is 0 Å². The number of rotatable bonds is 3. The minimum Gasteiger partial charge on any atom is -0.326 e. The molecule has 0 atom stereocenters. The van der Waals surface area contributed by atoms with Crippen molar-refractivity contribution in [1.29, 1.82) is 0 Å². The van der Waals surface area contributed by atoms with Gasteiger partial charge in [-0.25, -0.2) is 0 Å². The fraction of sp³-hybridized carbons (Fsp3) is 0.0625. The number of carbonyl (C=O) groups is 6. The Kier molecular flexibility index (Phi) is 5.62. The molecule has 4 aromatic rings. The maximum absolute atomic E-state index is 14.0. The molecule has 2 aliphatic rings. The molecule has 0 saturated heterocycles. The second-order valence-electron chi connectivity index (χ2n) is 9.59. The van der Waals surface area contributed by atoms with Gasteiger partial charge in [0.1, 0.15) is 0 Å². The topological polar surface area (TPSA) is 126 Å². The van der Waals surface area contributed by atoms with Crippen LogP contribution in [0.25, 0.3) is 11.1 Å². The molecule has 0 fully saturated rings. The van der Waals surface area contributed by atoms with Gasteiger partial charge in [-0.05, 0) is 24.3 Å². The summed E-state index contributed by atoms with van der Waals surface area (Å²) >= 11 is 0. The quantitative estimate of drug-likeness (QED) is 0.339. The van der Waals surface area contributed by atoms with Crippen molar-refractivity contribution in [3.8, 4) is 11.1 Å². The van der Waals surface area contributed by atoms with E-state index in [9.17, 15) is 28.8 Å². The minimum atomic E-state index is -0.492. The molecular weight excluding hydrogens is 508 g/mol. The monoisotopic (exact) mass is 528 g/mol. The average molecular weight is 529 g/mol. The molecule has 0 aromatic heterocycles. The van der Waals surface area contributed by atoms with Crippen molar-refractivity contribution < 1.29 is 28.8 Å². The summed E-state index contributed by atoms with van der Waals surface area (Å²) in [6, 6.07) is 18.7. The summed E-state index contributed by atoms with van der Waals surface area (Å²) in [5.41, 5.74) is 1.32. The van der Waals surface area contributed by atoms with Gasteiger partial charge in [0.25, 0.3) is 0 Å². The highest BCUT2D eigenvalue weighted by Crippen LogP contribution is 2.46. The van der Waals surface area contributed by atoms with E-state index in [1.54, 1.807) is 36.4 Å². The molecule has 8 nitrogen and oxygen atoms in total. The van der Waals surface area contributed by atoms with Gasteiger partial charge >= 0.3 is 0 Å². The molecule has 0 unspecified atom stereocenters. The average Bonchev–Trinajstić information content (AvgIpc) is 2.94. The highest BCUT2D eigenvalue weighted by molar-refractivity contribution is 6.35. The summed E-state index contributed by atoms with van der Waals surface area (Å²) in [7, 11) is 0. The third kappa shape index (κ3) is 3.61. The van der Waals surface area contributed by atoms with Crippen molar-refractivity contribution in [2.45, 2.75) is 13.8 Å². The maximum Gasteiger partial charge on any atom is 0.221 e. The molecule has 2 amide bonds. The van der Waals surface area contributed by atoms with Gasteiger partial charge in [0.15, 0.2) is 23.1 Å². The van der Waals surface area contributed by atoms with Gasteiger partial charge < -0.3 is 10.6 Å². The standard InChI is InChI=1S/C32H20N2O6/c1-15(35)33-23-13-11-21-25(31(39)19-9-5-3-7-17(19)29(21)37)27(23)28-24(34-16(2)36)14-12-22-26(28)32(40)20-10-6-4-8-18(20)30(22)38/h3-14H,1-2H3,(H,33,35)(H,34,36). The first-order valence-corrected chi connectivity index (χ1v) is 12.5. The lowest BCUT2D eigenvalue weighted by Gasteiger charge is -2.27. The van der Waals surface area contributed by atoms with Gasteiger partial charge in [-0.1, -0.05) is 48.5 Å². The summed E-state index contributed by atoms with van der Waals surface area (Å²) in [5, 5.41) is 5.41. The Balaban J connectivity index is 1.76. The number of carbonyl (C=O) groups excluding carboxylic acids is 6. The second kappa shape index (κ2) is 9.06. The molecule has 6 rings (SSSR count). The predicted octanol–water partition coefficient (Wildman–Crippen LogP) is 4.82. The van der Waals surface area contributed by atoms with Gasteiger partial charge in [0.05, 0.1) is 0 Å². The van der Waals surface area contributed by atoms with Crippen molar-refractivity contribution in [3.63, 3.8) is 0 Å². The van der Waals surface area contributed by atoms with Crippen molar-refractivity contribution in [3.05, 3.63) is 117 Å². The zero-order chi connectivity index (χ0) is 28.3. The molecule has 0 bridgehead atoms. The van der Waals surface area contributed by atoms with Crippen LogP contribution in [-0.4, -0.2) is 34.9 Å². The van der Waals surface area contributed by atoms with Crippen LogP contribution in [0.4, 0.5) is 11.4 Å². The number of ketones is 4. The Bertz CT molecular complexity index is 1750. The third-order valence-corrected chi connectivity index (χ3v) is 7.06. The fourth-order valence-corrected chi connectivity index (χ4v) is 5.48. The molecule has 0 radical (unpaired) electrons. The Labute approximate surface area is 228 Å². The summed E-state index contributed by atoms with van der Waals surface area (Å²) in [4.78, 5) is 79.8. The number of nitrogens with one attached hydrogen (secondary N) is 2. The number of anilines is 2. The number of amides is 2. The fourth-order valence-electron chi connectivity index (χ4n) is 5.48. The minimum absolute atomic E-state index is 0.0333. The van der Waals surface area contributed by atoms with E-state index in [0.717, 1.165) is 0 Å². The summed E-state index contributed by atoms with van der Waals surface area (Å²) in [5.74, 6) is -2.72. The lowest BCUT2D eigenvalue weighted by Crippen LogP contribution is -2.26. The van der Waals surface area contributed by atoms with Crippen LogP contribution in [0, 0.1) is 0 Å². The van der Waals surface area contributed by atoms with E-state index in [1.165, 1.54) is 50.2 Å². The van der Waals surface area contributed by atoms with E-state index in [0.29, 0.717) is 0 Å². The SMILES string of the molecule is CC(=O)Nc1ccc2c(c1-c1c(NC(C)=O)ccc3c1C(=O)c1ccccc1C3=O)C(=O)c1ccccc1C2=O. The summed E-state index contributed by atoms with van der Waals surface area (Å²) in [6.07, 6.45) is 0. The van der Waals surface area contributed by atoms with Gasteiger partial charge in [-0.3, -0.25) is 28.8 Å². The highest BCUT2D eigenvalue weighted by Gasteiger charge is 2.38. The number of benzene rings is 4. The lowest BCUT2D eigenvalue weighted by atomic mass is 9.75. The molecule has 2 N–H and O–H groups in total. The first-order valence-electron chi connectivity index (χ1n) is 12.5. The van der Waals surface area contributed by atoms with Crippen LogP contribution < -0.4 is 10.6 Å². The van der Waals surface area contributed by atoms with Crippen LogP contribution in [0.2, 0.25) is 0 Å². The van der Waals surface area contributed by atoms with Crippen molar-refractivity contribution >= 4 is 46.3 Å². The van der Waals surface area contributed by atoms with Gasteiger partial charge in [-0.2, -0.15) is 0 Å². The maximum atomic E-state index is 14.0. The number of fused-ring (bicyclic) bond motifs is 4. The van der Waals surface area contributed by atoms with Crippen LogP contribution >= 0.6 is 0 Å². The number of hydrogen-bond acceptors (Lipinski definition) is 6. The predicted molar refractivity (Wildman–Crippen MR) is 147 cm³/mol. The molecule has 0 spiro atoms. The molecule has 0 heterocycles. The lowest BCUT2D eigenvalue weighted by molar-refractivity contribution is -0.115. The molecule has 40 heavy (non-hydrogen) atoms. The summed E-state index contributed by atoms with van der Waals surface area (Å²) in [6.45, 7) is 2.57. The van der Waals surface area contributed by atoms with E-state index in [1.807, 2.05) is 0 Å². The zero-order valence-electron chi connectivity index (χ0n) is 21.4. The largest absolute Gasteiger partial charge is 0.326 e. The second-order valence-corrected chi connectivity index (χ2v) is 9.59. The van der Waals surface area contributed by atoms with Crippen LogP contribution in [0.1, 0.15) is 77.5 Å². The van der Waals surface area contributed by atoms with Crippen LogP contribution in [0.15, 0.2) is 72.8 Å². The van der Waals surface area contributed by atoms with E-state index in [2.05, 4.69) is 10.6 Å².